The lowest BCUT2D eigenvalue weighted by Gasteiger charge is -2.19. The zero-order valence-corrected chi connectivity index (χ0v) is 19.7. The third-order valence-electron chi connectivity index (χ3n) is 5.01. The molecular formula is C22H25BrN2O4S. The number of halogens is 1. The molecule has 1 heterocycles. The molecule has 3 aromatic rings. The molecule has 8 heteroatoms. The van der Waals surface area contributed by atoms with Crippen LogP contribution < -0.4 is 4.74 Å². The average molecular weight is 493 g/mol. The number of ether oxygens (including phenoxy) is 1. The molecular weight excluding hydrogens is 468 g/mol. The maximum Gasteiger partial charge on any atom is 0.242 e. The molecule has 2 aromatic carbocycles. The number of nitrogens with zero attached hydrogens (tertiary/aromatic N) is 2. The van der Waals surface area contributed by atoms with Gasteiger partial charge < -0.3 is 14.2 Å². The smallest absolute Gasteiger partial charge is 0.242 e. The molecule has 30 heavy (non-hydrogen) atoms. The van der Waals surface area contributed by atoms with E-state index in [9.17, 15) is 13.2 Å². The van der Waals surface area contributed by atoms with Crippen LogP contribution in [0.3, 0.4) is 0 Å². The quantitative estimate of drug-likeness (QED) is 0.445. The van der Waals surface area contributed by atoms with Crippen LogP contribution in [0.4, 0.5) is 0 Å². The van der Waals surface area contributed by atoms with Gasteiger partial charge in [0.25, 0.3) is 0 Å². The zero-order chi connectivity index (χ0) is 21.9. The number of amides is 1. The molecule has 0 bridgehead atoms. The van der Waals surface area contributed by atoms with E-state index in [1.165, 1.54) is 12.3 Å². The summed E-state index contributed by atoms with van der Waals surface area (Å²) in [4.78, 5) is 14.6. The maximum atomic E-state index is 12.7. The van der Waals surface area contributed by atoms with Crippen molar-refractivity contribution in [3.05, 3.63) is 58.7 Å². The SMILES string of the molecule is Cc1c(Br)c2ccccc2n1CC(=O)N(C)CCCOc1cccc(S(C)(=O)=O)c1. The Balaban J connectivity index is 1.54. The van der Waals surface area contributed by atoms with Gasteiger partial charge in [-0.3, -0.25) is 4.79 Å². The lowest BCUT2D eigenvalue weighted by Crippen LogP contribution is -2.32. The molecule has 0 saturated carbocycles. The lowest BCUT2D eigenvalue weighted by molar-refractivity contribution is -0.130. The summed E-state index contributed by atoms with van der Waals surface area (Å²) in [5.41, 5.74) is 2.05. The van der Waals surface area contributed by atoms with Crippen LogP contribution in [0.25, 0.3) is 10.9 Å². The Bertz CT molecular complexity index is 1170. The van der Waals surface area contributed by atoms with E-state index in [0.717, 1.165) is 21.1 Å². The number of fused-ring (bicyclic) bond motifs is 1. The predicted octanol–water partition coefficient (Wildman–Crippen LogP) is 4.04. The van der Waals surface area contributed by atoms with Crippen molar-refractivity contribution in [2.24, 2.45) is 0 Å². The number of hydrogen-bond acceptors (Lipinski definition) is 4. The van der Waals surface area contributed by atoms with E-state index in [-0.39, 0.29) is 17.3 Å². The Morgan fingerprint density at radius 1 is 1.17 bits per heavy atom. The fourth-order valence-electron chi connectivity index (χ4n) is 3.26. The Morgan fingerprint density at radius 2 is 1.90 bits per heavy atom. The van der Waals surface area contributed by atoms with Crippen LogP contribution in [-0.2, 0) is 21.2 Å². The number of benzene rings is 2. The first-order chi connectivity index (χ1) is 14.2. The average Bonchev–Trinajstić information content (AvgIpc) is 2.95. The van der Waals surface area contributed by atoms with Crippen molar-refractivity contribution >= 4 is 42.6 Å². The first-order valence-electron chi connectivity index (χ1n) is 9.58. The molecule has 3 rings (SSSR count). The number of aromatic nitrogens is 1. The molecule has 160 valence electrons. The van der Waals surface area contributed by atoms with Crippen LogP contribution in [0.1, 0.15) is 12.1 Å². The van der Waals surface area contributed by atoms with Gasteiger partial charge in [0.2, 0.25) is 5.91 Å². The second-order valence-electron chi connectivity index (χ2n) is 7.27. The van der Waals surface area contributed by atoms with Crippen LogP contribution in [0, 0.1) is 6.92 Å². The number of carbonyl (C=O) groups excluding carboxylic acids is 1. The summed E-state index contributed by atoms with van der Waals surface area (Å²) in [6.07, 6.45) is 1.81. The van der Waals surface area contributed by atoms with Crippen molar-refractivity contribution in [1.82, 2.24) is 9.47 Å². The van der Waals surface area contributed by atoms with Gasteiger partial charge in [-0.25, -0.2) is 8.42 Å². The van der Waals surface area contributed by atoms with Gasteiger partial charge in [-0.15, -0.1) is 0 Å². The molecule has 0 atom stereocenters. The standard InChI is InChI=1S/C22H25BrN2O4S/c1-16-22(23)19-10-4-5-11-20(19)25(16)15-21(26)24(2)12-7-13-29-17-8-6-9-18(14-17)30(3,27)28/h4-6,8-11,14H,7,12-13,15H2,1-3H3. The van der Waals surface area contributed by atoms with E-state index < -0.39 is 9.84 Å². The molecule has 0 unspecified atom stereocenters. The highest BCUT2D eigenvalue weighted by Crippen LogP contribution is 2.30. The van der Waals surface area contributed by atoms with Gasteiger partial charge in [-0.05, 0) is 53.5 Å². The predicted molar refractivity (Wildman–Crippen MR) is 122 cm³/mol. The van der Waals surface area contributed by atoms with Crippen molar-refractivity contribution in [2.75, 3.05) is 26.5 Å². The zero-order valence-electron chi connectivity index (χ0n) is 17.3. The van der Waals surface area contributed by atoms with Crippen molar-refractivity contribution in [1.29, 1.82) is 0 Å². The fraction of sp³-hybridized carbons (Fsp3) is 0.318. The molecule has 1 amide bonds. The van der Waals surface area contributed by atoms with E-state index in [1.807, 2.05) is 35.8 Å². The van der Waals surface area contributed by atoms with Crippen molar-refractivity contribution in [3.63, 3.8) is 0 Å². The van der Waals surface area contributed by atoms with Gasteiger partial charge in [0.05, 0.1) is 11.5 Å². The van der Waals surface area contributed by atoms with Gasteiger partial charge in [0, 0.05) is 40.9 Å². The van der Waals surface area contributed by atoms with Crippen LogP contribution in [0.15, 0.2) is 57.9 Å². The van der Waals surface area contributed by atoms with Gasteiger partial charge in [0.15, 0.2) is 9.84 Å². The monoisotopic (exact) mass is 492 g/mol. The molecule has 0 aliphatic heterocycles. The number of hydrogen-bond donors (Lipinski definition) is 0. The minimum atomic E-state index is -3.27. The first-order valence-corrected chi connectivity index (χ1v) is 12.3. The van der Waals surface area contributed by atoms with Gasteiger partial charge in [-0.2, -0.15) is 0 Å². The van der Waals surface area contributed by atoms with Crippen LogP contribution in [-0.4, -0.2) is 50.2 Å². The summed E-state index contributed by atoms with van der Waals surface area (Å²) in [6, 6.07) is 14.4. The molecule has 0 radical (unpaired) electrons. The lowest BCUT2D eigenvalue weighted by atomic mass is 10.2. The van der Waals surface area contributed by atoms with E-state index in [2.05, 4.69) is 15.9 Å². The van der Waals surface area contributed by atoms with E-state index in [0.29, 0.717) is 25.3 Å². The Hall–Kier alpha value is -2.32. The van der Waals surface area contributed by atoms with Crippen molar-refractivity contribution in [2.45, 2.75) is 24.8 Å². The molecule has 0 spiro atoms. The Labute approximate surface area is 185 Å². The summed E-state index contributed by atoms with van der Waals surface area (Å²) in [5, 5.41) is 1.09. The summed E-state index contributed by atoms with van der Waals surface area (Å²) >= 11 is 3.62. The van der Waals surface area contributed by atoms with Gasteiger partial charge in [0.1, 0.15) is 12.3 Å². The van der Waals surface area contributed by atoms with Crippen LogP contribution in [0.2, 0.25) is 0 Å². The van der Waals surface area contributed by atoms with E-state index in [4.69, 9.17) is 4.74 Å². The second kappa shape index (κ2) is 9.22. The molecule has 0 fully saturated rings. The van der Waals surface area contributed by atoms with Crippen LogP contribution in [0.5, 0.6) is 5.75 Å². The Kier molecular flexibility index (Phi) is 6.88. The molecule has 0 aliphatic carbocycles. The largest absolute Gasteiger partial charge is 0.493 e. The third kappa shape index (κ3) is 5.05. The maximum absolute atomic E-state index is 12.7. The highest BCUT2D eigenvalue weighted by molar-refractivity contribution is 9.10. The van der Waals surface area contributed by atoms with Crippen molar-refractivity contribution in [3.8, 4) is 5.75 Å². The summed E-state index contributed by atoms with van der Waals surface area (Å²) in [5.74, 6) is 0.525. The van der Waals surface area contributed by atoms with Gasteiger partial charge in [-0.1, -0.05) is 24.3 Å². The van der Waals surface area contributed by atoms with E-state index in [1.54, 1.807) is 30.1 Å². The fourth-order valence-corrected chi connectivity index (χ4v) is 4.46. The third-order valence-corrected chi connectivity index (χ3v) is 7.12. The minimum Gasteiger partial charge on any atom is -0.493 e. The highest BCUT2D eigenvalue weighted by atomic mass is 79.9. The Morgan fingerprint density at radius 3 is 2.63 bits per heavy atom. The second-order valence-corrected chi connectivity index (χ2v) is 10.1. The summed E-state index contributed by atoms with van der Waals surface area (Å²) in [6.45, 7) is 3.20. The number of rotatable bonds is 8. The molecule has 0 N–H and O–H groups in total. The van der Waals surface area contributed by atoms with Crippen LogP contribution >= 0.6 is 15.9 Å². The highest BCUT2D eigenvalue weighted by Gasteiger charge is 2.16. The number of likely N-dealkylation sites (N-methyl/N-ethyl adjacent to an activating group) is 1. The molecule has 0 aliphatic rings. The number of para-hydroxylation sites is 1. The summed E-state index contributed by atoms with van der Waals surface area (Å²) < 4.78 is 32.0. The minimum absolute atomic E-state index is 0.0189. The topological polar surface area (TPSA) is 68.6 Å². The number of sulfone groups is 1. The van der Waals surface area contributed by atoms with Gasteiger partial charge >= 0.3 is 0 Å². The number of carbonyl (C=O) groups is 1. The molecule has 6 nitrogen and oxygen atoms in total. The first kappa shape index (κ1) is 22.4. The molecule has 0 saturated heterocycles. The normalized spacial score (nSPS) is 11.6. The van der Waals surface area contributed by atoms with E-state index >= 15 is 0 Å². The van der Waals surface area contributed by atoms with Crippen molar-refractivity contribution < 1.29 is 17.9 Å². The molecule has 1 aromatic heterocycles. The summed E-state index contributed by atoms with van der Waals surface area (Å²) in [7, 11) is -1.49.